The van der Waals surface area contributed by atoms with Crippen LogP contribution in [0.5, 0.6) is 0 Å². The summed E-state index contributed by atoms with van der Waals surface area (Å²) < 4.78 is 30.3. The zero-order chi connectivity index (χ0) is 13.6. The van der Waals surface area contributed by atoms with Gasteiger partial charge in [0.2, 0.25) is 0 Å². The molecule has 5 heteroatoms. The molecule has 0 radical (unpaired) electrons. The summed E-state index contributed by atoms with van der Waals surface area (Å²) in [4.78, 5) is 3.77. The van der Waals surface area contributed by atoms with E-state index in [1.54, 1.807) is 38.4 Å². The summed E-state index contributed by atoms with van der Waals surface area (Å²) in [6.07, 6.45) is 3.50. The van der Waals surface area contributed by atoms with Crippen molar-refractivity contribution in [3.05, 3.63) is 59.9 Å². The lowest BCUT2D eigenvalue weighted by molar-refractivity contribution is 0.482. The average molecular weight is 265 g/mol. The minimum atomic E-state index is -4.06. The zero-order valence-electron chi connectivity index (χ0n) is 10.2. The van der Waals surface area contributed by atoms with Gasteiger partial charge in [-0.15, -0.1) is 0 Å². The molecule has 0 aliphatic carbocycles. The van der Waals surface area contributed by atoms with E-state index in [9.17, 15) is 8.42 Å². The number of benzene rings is 1. The van der Waals surface area contributed by atoms with Crippen LogP contribution >= 0.6 is 0 Å². The Bertz CT molecular complexity index is 568. The second-order valence-corrected chi connectivity index (χ2v) is 5.09. The maximum absolute atomic E-state index is 10.8. The fourth-order valence-electron chi connectivity index (χ4n) is 1.32. The molecule has 96 valence electrons. The van der Waals surface area contributed by atoms with Crippen LogP contribution in [0.15, 0.2) is 53.7 Å². The number of nitrogens with zero attached hydrogens (tertiary/aromatic N) is 1. The summed E-state index contributed by atoms with van der Waals surface area (Å²) in [6.45, 7) is 3.46. The van der Waals surface area contributed by atoms with Gasteiger partial charge >= 0.3 is 0 Å². The van der Waals surface area contributed by atoms with Gasteiger partial charge < -0.3 is 0 Å². The van der Waals surface area contributed by atoms with E-state index in [1.807, 2.05) is 18.2 Å². The van der Waals surface area contributed by atoms with Crippen LogP contribution in [0.2, 0.25) is 0 Å². The quantitative estimate of drug-likeness (QED) is 0.805. The molecule has 0 saturated heterocycles. The van der Waals surface area contributed by atoms with Gasteiger partial charge in [0.05, 0.1) is 4.90 Å². The molecule has 1 N–H and O–H groups in total. The van der Waals surface area contributed by atoms with E-state index >= 15 is 0 Å². The van der Waals surface area contributed by atoms with Gasteiger partial charge in [0.15, 0.2) is 0 Å². The first-order chi connectivity index (χ1) is 8.43. The van der Waals surface area contributed by atoms with Gasteiger partial charge in [0, 0.05) is 12.4 Å². The Balaban J connectivity index is 0.000000225. The first-order valence-corrected chi connectivity index (χ1v) is 6.75. The van der Waals surface area contributed by atoms with Crippen molar-refractivity contribution in [2.45, 2.75) is 18.7 Å². The first kappa shape index (κ1) is 14.3. The molecule has 0 spiro atoms. The lowest BCUT2D eigenvalue weighted by Crippen LogP contribution is -2.01. The molecule has 0 amide bonds. The van der Waals surface area contributed by atoms with E-state index in [4.69, 9.17) is 4.55 Å². The van der Waals surface area contributed by atoms with Crippen molar-refractivity contribution in [1.29, 1.82) is 0 Å². The van der Waals surface area contributed by atoms with E-state index < -0.39 is 10.1 Å². The number of aryl methyl sites for hydroxylation is 1. The summed E-state index contributed by atoms with van der Waals surface area (Å²) in [5, 5.41) is 0. The third-order valence-electron chi connectivity index (χ3n) is 2.40. The molecule has 18 heavy (non-hydrogen) atoms. The van der Waals surface area contributed by atoms with Crippen LogP contribution in [0.4, 0.5) is 0 Å². The highest BCUT2D eigenvalue weighted by Crippen LogP contribution is 2.17. The topological polar surface area (TPSA) is 67.3 Å². The van der Waals surface area contributed by atoms with Crippen LogP contribution in [0.3, 0.4) is 0 Å². The Kier molecular flexibility index (Phi) is 5.00. The van der Waals surface area contributed by atoms with Crippen molar-refractivity contribution in [1.82, 2.24) is 4.98 Å². The standard InChI is InChI=1S/C8H10O3S.C5H5N/c1-6-4-3-5-8(7(6)2)12(9,10)11;1-2-4-6-5-3-1/h3-5H,1-2H3,(H,9,10,11);1-5H. The molecule has 2 rings (SSSR count). The maximum atomic E-state index is 10.8. The number of pyridine rings is 1. The second kappa shape index (κ2) is 6.28. The Morgan fingerprint density at radius 2 is 1.61 bits per heavy atom. The monoisotopic (exact) mass is 265 g/mol. The number of hydrogen-bond donors (Lipinski definition) is 1. The molecule has 2 aromatic rings. The molecule has 0 bridgehead atoms. The largest absolute Gasteiger partial charge is 0.294 e. The highest BCUT2D eigenvalue weighted by molar-refractivity contribution is 7.85. The Morgan fingerprint density at radius 3 is 1.94 bits per heavy atom. The van der Waals surface area contributed by atoms with Crippen molar-refractivity contribution in [2.24, 2.45) is 0 Å². The van der Waals surface area contributed by atoms with Gasteiger partial charge in [-0.05, 0) is 43.2 Å². The van der Waals surface area contributed by atoms with E-state index in [2.05, 4.69) is 4.98 Å². The Labute approximate surface area is 107 Å². The second-order valence-electron chi connectivity index (χ2n) is 3.70. The fourth-order valence-corrected chi connectivity index (χ4v) is 2.11. The summed E-state index contributed by atoms with van der Waals surface area (Å²) in [6, 6.07) is 10.5. The van der Waals surface area contributed by atoms with Gasteiger partial charge in [-0.1, -0.05) is 18.2 Å². The predicted octanol–water partition coefficient (Wildman–Crippen LogP) is 2.63. The van der Waals surface area contributed by atoms with Crippen molar-refractivity contribution in [2.75, 3.05) is 0 Å². The Morgan fingerprint density at radius 1 is 1.00 bits per heavy atom. The fraction of sp³-hybridized carbons (Fsp3) is 0.154. The maximum Gasteiger partial charge on any atom is 0.294 e. The van der Waals surface area contributed by atoms with Crippen LogP contribution in [-0.4, -0.2) is 18.0 Å². The molecule has 0 aliphatic rings. The lowest BCUT2D eigenvalue weighted by Gasteiger charge is -2.03. The summed E-state index contributed by atoms with van der Waals surface area (Å²) in [5.74, 6) is 0. The van der Waals surface area contributed by atoms with Crippen molar-refractivity contribution in [3.63, 3.8) is 0 Å². The SMILES string of the molecule is Cc1cccc(S(=O)(=O)O)c1C.c1ccncc1. The molecule has 1 aromatic heterocycles. The molecular weight excluding hydrogens is 250 g/mol. The Hall–Kier alpha value is -1.72. The molecule has 0 fully saturated rings. The number of aromatic nitrogens is 1. The van der Waals surface area contributed by atoms with Crippen LogP contribution in [0.25, 0.3) is 0 Å². The summed E-state index contributed by atoms with van der Waals surface area (Å²) in [5.41, 5.74) is 1.45. The average Bonchev–Trinajstić information content (AvgIpc) is 2.34. The molecule has 1 aromatic carbocycles. The van der Waals surface area contributed by atoms with Crippen LogP contribution in [-0.2, 0) is 10.1 Å². The van der Waals surface area contributed by atoms with Crippen LogP contribution in [0.1, 0.15) is 11.1 Å². The van der Waals surface area contributed by atoms with E-state index in [0.717, 1.165) is 5.56 Å². The highest BCUT2D eigenvalue weighted by Gasteiger charge is 2.12. The van der Waals surface area contributed by atoms with Crippen molar-refractivity contribution >= 4 is 10.1 Å². The van der Waals surface area contributed by atoms with Crippen molar-refractivity contribution < 1.29 is 13.0 Å². The highest BCUT2D eigenvalue weighted by atomic mass is 32.2. The van der Waals surface area contributed by atoms with Crippen LogP contribution < -0.4 is 0 Å². The molecule has 0 aliphatic heterocycles. The molecule has 0 atom stereocenters. The van der Waals surface area contributed by atoms with Gasteiger partial charge in [-0.3, -0.25) is 9.54 Å². The third-order valence-corrected chi connectivity index (χ3v) is 3.40. The molecular formula is C13H15NO3S. The normalized spacial score (nSPS) is 10.4. The predicted molar refractivity (Wildman–Crippen MR) is 70.0 cm³/mol. The van der Waals surface area contributed by atoms with Crippen molar-refractivity contribution in [3.8, 4) is 0 Å². The minimum Gasteiger partial charge on any atom is -0.282 e. The van der Waals surface area contributed by atoms with Crippen LogP contribution in [0, 0.1) is 13.8 Å². The van der Waals surface area contributed by atoms with Gasteiger partial charge in [0.25, 0.3) is 10.1 Å². The third kappa shape index (κ3) is 4.27. The van der Waals surface area contributed by atoms with Gasteiger partial charge in [-0.25, -0.2) is 0 Å². The summed E-state index contributed by atoms with van der Waals surface area (Å²) >= 11 is 0. The smallest absolute Gasteiger partial charge is 0.282 e. The molecule has 1 heterocycles. The zero-order valence-corrected chi connectivity index (χ0v) is 11.1. The van der Waals surface area contributed by atoms with Gasteiger partial charge in [0.1, 0.15) is 0 Å². The summed E-state index contributed by atoms with van der Waals surface area (Å²) in [7, 11) is -4.06. The number of rotatable bonds is 1. The molecule has 0 saturated carbocycles. The number of hydrogen-bond acceptors (Lipinski definition) is 3. The lowest BCUT2D eigenvalue weighted by atomic mass is 10.1. The van der Waals surface area contributed by atoms with E-state index in [-0.39, 0.29) is 4.90 Å². The van der Waals surface area contributed by atoms with E-state index in [1.165, 1.54) is 6.07 Å². The molecule has 4 nitrogen and oxygen atoms in total. The van der Waals surface area contributed by atoms with Gasteiger partial charge in [-0.2, -0.15) is 8.42 Å². The van der Waals surface area contributed by atoms with E-state index in [0.29, 0.717) is 5.56 Å². The molecule has 0 unspecified atom stereocenters. The minimum absolute atomic E-state index is 0.0116. The first-order valence-electron chi connectivity index (χ1n) is 5.31.